The van der Waals surface area contributed by atoms with Gasteiger partial charge in [-0.2, -0.15) is 22.0 Å². The van der Waals surface area contributed by atoms with Crippen molar-refractivity contribution in [2.24, 2.45) is 5.41 Å². The summed E-state index contributed by atoms with van der Waals surface area (Å²) in [7, 11) is 0. The molecule has 0 aliphatic heterocycles. The average molecular weight is 231 g/mol. The molecule has 1 saturated carbocycles. The van der Waals surface area contributed by atoms with E-state index in [1.807, 2.05) is 0 Å². The largest absolute Gasteiger partial charge is 0.463 e. The molecule has 1 aliphatic rings. The molecular formula is C8H10F5NO. The summed E-state index contributed by atoms with van der Waals surface area (Å²) in [6.07, 6.45) is -4.38. The highest BCUT2D eigenvalue weighted by molar-refractivity contribution is 5.84. The van der Waals surface area contributed by atoms with Crippen LogP contribution in [0.5, 0.6) is 0 Å². The molecule has 0 aromatic heterocycles. The van der Waals surface area contributed by atoms with E-state index >= 15 is 0 Å². The zero-order chi connectivity index (χ0) is 11.9. The average Bonchev–Trinajstić information content (AvgIpc) is 2.78. The van der Waals surface area contributed by atoms with Crippen molar-refractivity contribution in [2.75, 3.05) is 6.54 Å². The first kappa shape index (κ1) is 12.2. The Morgan fingerprint density at radius 2 is 1.73 bits per heavy atom. The first-order chi connectivity index (χ1) is 6.58. The molecule has 7 heteroatoms. The zero-order valence-corrected chi connectivity index (χ0v) is 7.92. The minimum Gasteiger partial charge on any atom is -0.350 e. The summed E-state index contributed by atoms with van der Waals surface area (Å²) >= 11 is 0. The molecule has 2 nitrogen and oxygen atoms in total. The van der Waals surface area contributed by atoms with Gasteiger partial charge in [0, 0.05) is 6.54 Å². The number of halogens is 5. The summed E-state index contributed by atoms with van der Waals surface area (Å²) in [5.41, 5.74) is -0.308. The van der Waals surface area contributed by atoms with Gasteiger partial charge >= 0.3 is 12.1 Å². The number of nitrogens with one attached hydrogen (secondary N) is 1. The Morgan fingerprint density at radius 3 is 2.07 bits per heavy atom. The summed E-state index contributed by atoms with van der Waals surface area (Å²) in [5, 5.41) is 1.62. The third-order valence-corrected chi connectivity index (χ3v) is 2.42. The van der Waals surface area contributed by atoms with Crippen LogP contribution in [0.4, 0.5) is 22.0 Å². The maximum atomic E-state index is 12.4. The van der Waals surface area contributed by atoms with Gasteiger partial charge in [0.2, 0.25) is 0 Å². The topological polar surface area (TPSA) is 29.1 Å². The van der Waals surface area contributed by atoms with Gasteiger partial charge in [0.1, 0.15) is 0 Å². The van der Waals surface area contributed by atoms with Gasteiger partial charge in [-0.15, -0.1) is 0 Å². The number of rotatable bonds is 3. The van der Waals surface area contributed by atoms with Crippen molar-refractivity contribution < 1.29 is 26.7 Å². The van der Waals surface area contributed by atoms with Crippen molar-refractivity contribution in [2.45, 2.75) is 31.9 Å². The highest BCUT2D eigenvalue weighted by atomic mass is 19.4. The molecule has 1 aliphatic carbocycles. The standard InChI is InChI=1S/C8H10F5NO/c1-6(2-3-6)4-14-5(15)7(9,10)8(11,12)13/h2-4H2,1H3,(H,14,15). The van der Waals surface area contributed by atoms with Crippen molar-refractivity contribution >= 4 is 5.91 Å². The van der Waals surface area contributed by atoms with Crippen LogP contribution in [-0.4, -0.2) is 24.6 Å². The van der Waals surface area contributed by atoms with E-state index in [2.05, 4.69) is 0 Å². The third-order valence-electron chi connectivity index (χ3n) is 2.42. The fourth-order valence-electron chi connectivity index (χ4n) is 0.924. The van der Waals surface area contributed by atoms with Gasteiger partial charge in [0.05, 0.1) is 0 Å². The number of alkyl halides is 5. The Bertz CT molecular complexity index is 269. The molecule has 0 aromatic rings. The molecule has 0 saturated heterocycles. The predicted octanol–water partition coefficient (Wildman–Crippen LogP) is 2.10. The van der Waals surface area contributed by atoms with E-state index in [-0.39, 0.29) is 12.0 Å². The fraction of sp³-hybridized carbons (Fsp3) is 0.875. The van der Waals surface area contributed by atoms with Crippen LogP contribution in [0.15, 0.2) is 0 Å². The van der Waals surface area contributed by atoms with Crippen molar-refractivity contribution in [3.05, 3.63) is 0 Å². The van der Waals surface area contributed by atoms with Crippen LogP contribution in [0.1, 0.15) is 19.8 Å². The number of amides is 1. The fourth-order valence-corrected chi connectivity index (χ4v) is 0.924. The second-order valence-corrected chi connectivity index (χ2v) is 4.07. The summed E-state index contributed by atoms with van der Waals surface area (Å²) in [6, 6.07) is 0. The van der Waals surface area contributed by atoms with E-state index in [0.29, 0.717) is 0 Å². The lowest BCUT2D eigenvalue weighted by Gasteiger charge is -2.19. The van der Waals surface area contributed by atoms with Crippen LogP contribution in [-0.2, 0) is 4.79 Å². The quantitative estimate of drug-likeness (QED) is 0.740. The van der Waals surface area contributed by atoms with E-state index in [4.69, 9.17) is 0 Å². The van der Waals surface area contributed by atoms with Gasteiger partial charge in [0.25, 0.3) is 5.91 Å². The molecule has 1 amide bonds. The SMILES string of the molecule is CC1(CNC(=O)C(F)(F)C(F)(F)F)CC1. The monoisotopic (exact) mass is 231 g/mol. The van der Waals surface area contributed by atoms with Crippen LogP contribution in [0.2, 0.25) is 0 Å². The lowest BCUT2D eigenvalue weighted by molar-refractivity contribution is -0.269. The number of hydrogen-bond donors (Lipinski definition) is 1. The summed E-state index contributed by atoms with van der Waals surface area (Å²) in [5.74, 6) is -7.58. The second-order valence-electron chi connectivity index (χ2n) is 4.07. The van der Waals surface area contributed by atoms with Crippen molar-refractivity contribution in [3.63, 3.8) is 0 Å². The molecule has 0 bridgehead atoms. The lowest BCUT2D eigenvalue weighted by atomic mass is 10.1. The van der Waals surface area contributed by atoms with Crippen molar-refractivity contribution in [3.8, 4) is 0 Å². The van der Waals surface area contributed by atoms with Crippen molar-refractivity contribution in [1.29, 1.82) is 0 Å². The smallest absolute Gasteiger partial charge is 0.350 e. The molecular weight excluding hydrogens is 221 g/mol. The maximum absolute atomic E-state index is 12.4. The Morgan fingerprint density at radius 1 is 1.27 bits per heavy atom. The van der Waals surface area contributed by atoms with Gasteiger partial charge < -0.3 is 5.32 Å². The Kier molecular flexibility index (Phi) is 2.69. The lowest BCUT2D eigenvalue weighted by Crippen LogP contribution is -2.51. The van der Waals surface area contributed by atoms with E-state index in [9.17, 15) is 26.7 Å². The summed E-state index contributed by atoms with van der Waals surface area (Å²) in [4.78, 5) is 10.6. The molecule has 88 valence electrons. The van der Waals surface area contributed by atoms with Crippen LogP contribution in [0.25, 0.3) is 0 Å². The third kappa shape index (κ3) is 2.57. The summed E-state index contributed by atoms with van der Waals surface area (Å²) < 4.78 is 59.9. The van der Waals surface area contributed by atoms with Gasteiger partial charge in [-0.05, 0) is 18.3 Å². The molecule has 1 N–H and O–H groups in total. The van der Waals surface area contributed by atoms with Gasteiger partial charge in [0.15, 0.2) is 0 Å². The molecule has 15 heavy (non-hydrogen) atoms. The van der Waals surface area contributed by atoms with Gasteiger partial charge in [-0.25, -0.2) is 0 Å². The van der Waals surface area contributed by atoms with Gasteiger partial charge in [-0.1, -0.05) is 6.92 Å². The van der Waals surface area contributed by atoms with Crippen LogP contribution in [0.3, 0.4) is 0 Å². The normalized spacial score (nSPS) is 19.9. The second kappa shape index (κ2) is 3.31. The first-order valence-corrected chi connectivity index (χ1v) is 4.31. The molecule has 1 fully saturated rings. The Labute approximate surface area is 82.8 Å². The Balaban J connectivity index is 2.52. The van der Waals surface area contributed by atoms with Crippen LogP contribution in [0, 0.1) is 5.41 Å². The highest BCUT2D eigenvalue weighted by Gasteiger charge is 2.63. The minimum absolute atomic E-state index is 0.141. The molecule has 0 unspecified atom stereocenters. The first-order valence-electron chi connectivity index (χ1n) is 4.31. The Hall–Kier alpha value is -0.880. The minimum atomic E-state index is -5.83. The maximum Gasteiger partial charge on any atom is 0.463 e. The predicted molar refractivity (Wildman–Crippen MR) is 41.4 cm³/mol. The molecule has 0 radical (unpaired) electrons. The van der Waals surface area contributed by atoms with E-state index in [1.54, 1.807) is 12.2 Å². The highest BCUT2D eigenvalue weighted by Crippen LogP contribution is 2.44. The molecule has 0 atom stereocenters. The van der Waals surface area contributed by atoms with E-state index in [1.165, 1.54) is 0 Å². The summed E-state index contributed by atoms with van der Waals surface area (Å²) in [6.45, 7) is 1.57. The molecule has 1 rings (SSSR count). The van der Waals surface area contributed by atoms with Crippen molar-refractivity contribution in [1.82, 2.24) is 5.32 Å². The van der Waals surface area contributed by atoms with Crippen LogP contribution >= 0.6 is 0 Å². The molecule has 0 heterocycles. The number of carbonyl (C=O) groups excluding carboxylic acids is 1. The number of carbonyl (C=O) groups is 1. The van der Waals surface area contributed by atoms with Gasteiger partial charge in [-0.3, -0.25) is 4.79 Å². The van der Waals surface area contributed by atoms with E-state index in [0.717, 1.165) is 12.8 Å². The van der Waals surface area contributed by atoms with E-state index < -0.39 is 18.0 Å². The number of hydrogen-bond acceptors (Lipinski definition) is 1. The zero-order valence-electron chi connectivity index (χ0n) is 7.92. The molecule has 0 spiro atoms. The molecule has 0 aromatic carbocycles. The van der Waals surface area contributed by atoms with Crippen LogP contribution < -0.4 is 5.32 Å².